The molecule has 3 N–H and O–H groups in total. The molecule has 0 atom stereocenters. The van der Waals surface area contributed by atoms with Gasteiger partial charge in [-0.25, -0.2) is 4.68 Å². The molecule has 102 valence electrons. The standard InChI is InChI=1S/C11H17N7O/c1-11(2,7-19)17(3)9-14-8(12)15-10(16-9)18-6-4-5-13-18/h4-6,19H,7H2,1-3H3,(H2,12,14,15,16). The van der Waals surface area contributed by atoms with E-state index in [0.29, 0.717) is 11.9 Å². The molecule has 0 spiro atoms. The summed E-state index contributed by atoms with van der Waals surface area (Å²) in [4.78, 5) is 14.2. The smallest absolute Gasteiger partial charge is 0.257 e. The molecule has 0 saturated heterocycles. The molecule has 0 aliphatic rings. The molecule has 0 radical (unpaired) electrons. The first kappa shape index (κ1) is 13.2. The van der Waals surface area contributed by atoms with Crippen LogP contribution in [0.2, 0.25) is 0 Å². The molecule has 0 saturated carbocycles. The molecule has 2 heterocycles. The van der Waals surface area contributed by atoms with E-state index in [0.717, 1.165) is 0 Å². The Hall–Kier alpha value is -2.22. The molecule has 2 rings (SSSR count). The maximum absolute atomic E-state index is 9.39. The first-order valence-electron chi connectivity index (χ1n) is 5.80. The van der Waals surface area contributed by atoms with Gasteiger partial charge in [0.05, 0.1) is 12.1 Å². The number of aromatic nitrogens is 5. The maximum atomic E-state index is 9.39. The van der Waals surface area contributed by atoms with Crippen molar-refractivity contribution in [1.29, 1.82) is 0 Å². The molecule has 2 aromatic heterocycles. The molecule has 19 heavy (non-hydrogen) atoms. The van der Waals surface area contributed by atoms with Crippen LogP contribution in [0.5, 0.6) is 0 Å². The van der Waals surface area contributed by atoms with Gasteiger partial charge < -0.3 is 15.7 Å². The fraction of sp³-hybridized carbons (Fsp3) is 0.455. The summed E-state index contributed by atoms with van der Waals surface area (Å²) >= 11 is 0. The predicted octanol–water partition coefficient (Wildman–Crippen LogP) is -0.153. The summed E-state index contributed by atoms with van der Waals surface area (Å²) in [5.41, 5.74) is 5.19. The van der Waals surface area contributed by atoms with E-state index < -0.39 is 5.54 Å². The molecule has 0 unspecified atom stereocenters. The van der Waals surface area contributed by atoms with Crippen LogP contribution in [-0.4, -0.2) is 49.0 Å². The second-order valence-corrected chi connectivity index (χ2v) is 4.77. The highest BCUT2D eigenvalue weighted by Gasteiger charge is 2.25. The van der Waals surface area contributed by atoms with Crippen molar-refractivity contribution in [2.24, 2.45) is 0 Å². The third-order valence-electron chi connectivity index (χ3n) is 2.93. The summed E-state index contributed by atoms with van der Waals surface area (Å²) in [6, 6.07) is 1.76. The van der Waals surface area contributed by atoms with Crippen LogP contribution in [0.4, 0.5) is 11.9 Å². The minimum absolute atomic E-state index is 0.0355. The van der Waals surface area contributed by atoms with Gasteiger partial charge in [-0.1, -0.05) is 0 Å². The lowest BCUT2D eigenvalue weighted by molar-refractivity contribution is 0.215. The number of likely N-dealkylation sites (N-methyl/N-ethyl adjacent to an activating group) is 1. The number of hydrogen-bond donors (Lipinski definition) is 2. The molecule has 0 amide bonds. The highest BCUT2D eigenvalue weighted by atomic mass is 16.3. The topological polar surface area (TPSA) is 106 Å². The average Bonchev–Trinajstić information content (AvgIpc) is 2.91. The van der Waals surface area contributed by atoms with Crippen LogP contribution in [0.25, 0.3) is 5.95 Å². The third kappa shape index (κ3) is 2.63. The van der Waals surface area contributed by atoms with Crippen molar-refractivity contribution in [3.8, 4) is 5.95 Å². The lowest BCUT2D eigenvalue weighted by Crippen LogP contribution is -2.45. The van der Waals surface area contributed by atoms with Gasteiger partial charge in [-0.2, -0.15) is 20.1 Å². The molecular formula is C11H17N7O. The number of hydrogen-bond acceptors (Lipinski definition) is 7. The monoisotopic (exact) mass is 263 g/mol. The van der Waals surface area contributed by atoms with Gasteiger partial charge in [0.15, 0.2) is 0 Å². The molecular weight excluding hydrogens is 246 g/mol. The van der Waals surface area contributed by atoms with Gasteiger partial charge in [0.2, 0.25) is 11.9 Å². The van der Waals surface area contributed by atoms with Gasteiger partial charge >= 0.3 is 0 Å². The molecule has 0 aliphatic carbocycles. The van der Waals surface area contributed by atoms with Crippen molar-refractivity contribution >= 4 is 11.9 Å². The van der Waals surface area contributed by atoms with Gasteiger partial charge in [-0.05, 0) is 19.9 Å². The molecule has 0 fully saturated rings. The molecule has 0 aliphatic heterocycles. The van der Waals surface area contributed by atoms with Gasteiger partial charge in [0, 0.05) is 19.4 Å². The van der Waals surface area contributed by atoms with E-state index in [1.807, 2.05) is 13.8 Å². The van der Waals surface area contributed by atoms with Crippen molar-refractivity contribution < 1.29 is 5.11 Å². The SMILES string of the molecule is CN(c1nc(N)nc(-n2cccn2)n1)C(C)(C)CO. The van der Waals surface area contributed by atoms with Crippen LogP contribution in [0, 0.1) is 0 Å². The maximum Gasteiger partial charge on any atom is 0.257 e. The van der Waals surface area contributed by atoms with Crippen LogP contribution in [0.3, 0.4) is 0 Å². The Morgan fingerprint density at radius 3 is 2.68 bits per heavy atom. The largest absolute Gasteiger partial charge is 0.394 e. The molecule has 0 bridgehead atoms. The summed E-state index contributed by atoms with van der Waals surface area (Å²) in [6.45, 7) is 3.72. The highest BCUT2D eigenvalue weighted by Crippen LogP contribution is 2.19. The number of nitrogens with two attached hydrogens (primary N) is 1. The van der Waals surface area contributed by atoms with E-state index >= 15 is 0 Å². The second-order valence-electron chi connectivity index (χ2n) is 4.77. The molecule has 0 aromatic carbocycles. The van der Waals surface area contributed by atoms with E-state index in [1.54, 1.807) is 30.4 Å². The Morgan fingerprint density at radius 1 is 1.37 bits per heavy atom. The number of nitrogen functional groups attached to an aromatic ring is 1. The number of nitrogens with zero attached hydrogens (tertiary/aromatic N) is 6. The summed E-state index contributed by atoms with van der Waals surface area (Å²) in [5.74, 6) is 0.834. The zero-order chi connectivity index (χ0) is 14.0. The van der Waals surface area contributed by atoms with Crippen molar-refractivity contribution in [3.05, 3.63) is 18.5 Å². The number of rotatable bonds is 4. The second kappa shape index (κ2) is 4.81. The number of aliphatic hydroxyl groups excluding tert-OH is 1. The lowest BCUT2D eigenvalue weighted by atomic mass is 10.1. The van der Waals surface area contributed by atoms with Gasteiger partial charge in [0.25, 0.3) is 5.95 Å². The van der Waals surface area contributed by atoms with Crippen LogP contribution in [0.15, 0.2) is 18.5 Å². The summed E-state index contributed by atoms with van der Waals surface area (Å²) in [6.07, 6.45) is 3.34. The van der Waals surface area contributed by atoms with Crippen LogP contribution in [-0.2, 0) is 0 Å². The Kier molecular flexibility index (Phi) is 3.34. The normalized spacial score (nSPS) is 11.6. The van der Waals surface area contributed by atoms with Crippen LogP contribution < -0.4 is 10.6 Å². The van der Waals surface area contributed by atoms with E-state index in [-0.39, 0.29) is 12.6 Å². The van der Waals surface area contributed by atoms with E-state index in [1.165, 1.54) is 4.68 Å². The van der Waals surface area contributed by atoms with E-state index in [9.17, 15) is 5.11 Å². The Morgan fingerprint density at radius 2 is 2.11 bits per heavy atom. The molecule has 8 heteroatoms. The Labute approximate surface area is 110 Å². The van der Waals surface area contributed by atoms with Gasteiger partial charge in [-0.3, -0.25) is 0 Å². The molecule has 8 nitrogen and oxygen atoms in total. The number of aliphatic hydroxyl groups is 1. The average molecular weight is 263 g/mol. The zero-order valence-electron chi connectivity index (χ0n) is 11.1. The van der Waals surface area contributed by atoms with E-state index in [4.69, 9.17) is 5.73 Å². The van der Waals surface area contributed by atoms with Crippen molar-refractivity contribution in [3.63, 3.8) is 0 Å². The quantitative estimate of drug-likeness (QED) is 0.789. The Bertz CT molecular complexity index is 552. The van der Waals surface area contributed by atoms with Crippen molar-refractivity contribution in [2.45, 2.75) is 19.4 Å². The van der Waals surface area contributed by atoms with Gasteiger partial charge in [0.1, 0.15) is 0 Å². The summed E-state index contributed by atoms with van der Waals surface area (Å²) in [5, 5.41) is 13.4. The van der Waals surface area contributed by atoms with E-state index in [2.05, 4.69) is 20.1 Å². The Balaban J connectivity index is 2.43. The molecule has 2 aromatic rings. The first-order valence-corrected chi connectivity index (χ1v) is 5.80. The fourth-order valence-electron chi connectivity index (χ4n) is 1.39. The first-order chi connectivity index (χ1) is 8.94. The van der Waals surface area contributed by atoms with Gasteiger partial charge in [-0.15, -0.1) is 0 Å². The van der Waals surface area contributed by atoms with Crippen LogP contribution in [0.1, 0.15) is 13.8 Å². The van der Waals surface area contributed by atoms with Crippen molar-refractivity contribution in [1.82, 2.24) is 24.7 Å². The summed E-state index contributed by atoms with van der Waals surface area (Å²) < 4.78 is 1.50. The fourth-order valence-corrected chi connectivity index (χ4v) is 1.39. The zero-order valence-corrected chi connectivity index (χ0v) is 11.1. The highest BCUT2D eigenvalue weighted by molar-refractivity contribution is 5.39. The third-order valence-corrected chi connectivity index (χ3v) is 2.93. The number of anilines is 2. The van der Waals surface area contributed by atoms with Crippen LogP contribution >= 0.6 is 0 Å². The minimum atomic E-state index is -0.505. The minimum Gasteiger partial charge on any atom is -0.394 e. The lowest BCUT2D eigenvalue weighted by Gasteiger charge is -2.33. The van der Waals surface area contributed by atoms with Crippen molar-refractivity contribution in [2.75, 3.05) is 24.3 Å². The predicted molar refractivity (Wildman–Crippen MR) is 70.9 cm³/mol. The summed E-state index contributed by atoms with van der Waals surface area (Å²) in [7, 11) is 1.79.